The molecule has 26 heavy (non-hydrogen) atoms. The van der Waals surface area contributed by atoms with Gasteiger partial charge in [-0.2, -0.15) is 11.3 Å². The molecule has 0 radical (unpaired) electrons. The van der Waals surface area contributed by atoms with Gasteiger partial charge in [0, 0.05) is 18.4 Å². The normalized spacial score (nSPS) is 16.3. The molecule has 0 bridgehead atoms. The van der Waals surface area contributed by atoms with E-state index in [2.05, 4.69) is 0 Å². The molecule has 2 unspecified atom stereocenters. The van der Waals surface area contributed by atoms with E-state index in [0.717, 1.165) is 24.0 Å². The lowest BCUT2D eigenvalue weighted by Gasteiger charge is -2.18. The third-order valence-corrected chi connectivity index (χ3v) is 5.60. The summed E-state index contributed by atoms with van der Waals surface area (Å²) in [6.45, 7) is 0. The summed E-state index contributed by atoms with van der Waals surface area (Å²) < 4.78 is 5.47. The maximum atomic E-state index is 12.7. The molecule has 0 aliphatic heterocycles. The molecule has 2 N–H and O–H groups in total. The Morgan fingerprint density at radius 2 is 1.92 bits per heavy atom. The van der Waals surface area contributed by atoms with Crippen molar-refractivity contribution in [3.63, 3.8) is 0 Å². The zero-order chi connectivity index (χ0) is 18.1. The van der Waals surface area contributed by atoms with E-state index in [4.69, 9.17) is 4.42 Å². The largest absolute Gasteiger partial charge is 0.507 e. The summed E-state index contributed by atoms with van der Waals surface area (Å²) in [4.78, 5) is 12.7. The van der Waals surface area contributed by atoms with Gasteiger partial charge in [0.25, 0.3) is 0 Å². The van der Waals surface area contributed by atoms with Crippen LogP contribution in [0.2, 0.25) is 0 Å². The van der Waals surface area contributed by atoms with E-state index >= 15 is 0 Å². The van der Waals surface area contributed by atoms with Crippen molar-refractivity contribution >= 4 is 11.3 Å². The third-order valence-electron chi connectivity index (χ3n) is 4.90. The molecule has 2 atom stereocenters. The molecule has 1 aromatic carbocycles. The number of benzene rings is 1. The van der Waals surface area contributed by atoms with Crippen LogP contribution in [-0.2, 0) is 6.42 Å². The highest BCUT2D eigenvalue weighted by Gasteiger charge is 2.37. The van der Waals surface area contributed by atoms with Gasteiger partial charge in [-0.25, -0.2) is 4.79 Å². The Labute approximate surface area is 155 Å². The molecule has 0 spiro atoms. The maximum Gasteiger partial charge on any atom is 0.343 e. The Balaban J connectivity index is 1.66. The quantitative estimate of drug-likeness (QED) is 0.683. The van der Waals surface area contributed by atoms with Crippen molar-refractivity contribution in [3.8, 4) is 5.75 Å². The van der Waals surface area contributed by atoms with E-state index in [-0.39, 0.29) is 23.8 Å². The van der Waals surface area contributed by atoms with Crippen LogP contribution in [0.25, 0.3) is 0 Å². The van der Waals surface area contributed by atoms with E-state index in [1.807, 2.05) is 47.2 Å². The number of aromatic hydroxyl groups is 1. The first-order chi connectivity index (χ1) is 12.6. The maximum absolute atomic E-state index is 12.7. The minimum atomic E-state index is -0.761. The van der Waals surface area contributed by atoms with Gasteiger partial charge >= 0.3 is 5.63 Å². The van der Waals surface area contributed by atoms with Crippen LogP contribution in [0.4, 0.5) is 0 Å². The van der Waals surface area contributed by atoms with E-state index < -0.39 is 11.7 Å². The topological polar surface area (TPSA) is 70.7 Å². The monoisotopic (exact) mass is 368 g/mol. The molecule has 2 aromatic heterocycles. The van der Waals surface area contributed by atoms with Crippen molar-refractivity contribution in [1.82, 2.24) is 0 Å². The zero-order valence-corrected chi connectivity index (χ0v) is 15.0. The molecule has 0 saturated heterocycles. The summed E-state index contributed by atoms with van der Waals surface area (Å²) in [5, 5.41) is 24.6. The van der Waals surface area contributed by atoms with Crippen LogP contribution < -0.4 is 5.63 Å². The summed E-state index contributed by atoms with van der Waals surface area (Å²) in [6.07, 6.45) is 1.47. The number of thiophene rings is 1. The Morgan fingerprint density at radius 1 is 1.15 bits per heavy atom. The number of hydrogen-bond donors (Lipinski definition) is 2. The van der Waals surface area contributed by atoms with Crippen LogP contribution in [-0.4, -0.2) is 10.2 Å². The molecule has 4 nitrogen and oxygen atoms in total. The third kappa shape index (κ3) is 3.45. The summed E-state index contributed by atoms with van der Waals surface area (Å²) in [6, 6.07) is 13.1. The first kappa shape index (κ1) is 17.1. The summed E-state index contributed by atoms with van der Waals surface area (Å²) in [5.41, 5.74) is 1.61. The van der Waals surface area contributed by atoms with Gasteiger partial charge in [-0.1, -0.05) is 30.3 Å². The Kier molecular flexibility index (Phi) is 4.66. The summed E-state index contributed by atoms with van der Waals surface area (Å²) in [5.74, 6) is 0.448. The van der Waals surface area contributed by atoms with Gasteiger partial charge < -0.3 is 14.6 Å². The molecule has 1 saturated carbocycles. The second-order valence-electron chi connectivity index (χ2n) is 6.80. The average Bonchev–Trinajstić information content (AvgIpc) is 3.30. The van der Waals surface area contributed by atoms with Crippen molar-refractivity contribution < 1.29 is 14.6 Å². The van der Waals surface area contributed by atoms with Gasteiger partial charge in [-0.15, -0.1) is 0 Å². The van der Waals surface area contributed by atoms with Gasteiger partial charge in [0.15, 0.2) is 0 Å². The number of hydrogen-bond acceptors (Lipinski definition) is 5. The summed E-state index contributed by atoms with van der Waals surface area (Å²) in [7, 11) is 0. The minimum Gasteiger partial charge on any atom is -0.507 e. The molecule has 1 fully saturated rings. The predicted octanol–water partition coefficient (Wildman–Crippen LogP) is 4.22. The van der Waals surface area contributed by atoms with E-state index in [9.17, 15) is 15.0 Å². The van der Waals surface area contributed by atoms with Crippen LogP contribution in [0.5, 0.6) is 5.75 Å². The van der Waals surface area contributed by atoms with Gasteiger partial charge in [0.05, 0.1) is 11.7 Å². The molecular weight excluding hydrogens is 348 g/mol. The Morgan fingerprint density at radius 3 is 2.54 bits per heavy atom. The molecule has 2 heterocycles. The SMILES string of the molecule is O=c1oc(CC(O)c2ccsc2)cc(O)c1C(c1ccccc1)C1CC1. The van der Waals surface area contributed by atoms with Crippen LogP contribution >= 0.6 is 11.3 Å². The van der Waals surface area contributed by atoms with Crippen LogP contribution in [0, 0.1) is 5.92 Å². The highest BCUT2D eigenvalue weighted by atomic mass is 32.1. The van der Waals surface area contributed by atoms with Gasteiger partial charge in [-0.05, 0) is 46.7 Å². The second-order valence-corrected chi connectivity index (χ2v) is 7.58. The lowest BCUT2D eigenvalue weighted by Crippen LogP contribution is -2.17. The number of rotatable bonds is 6. The highest BCUT2D eigenvalue weighted by Crippen LogP contribution is 2.47. The molecule has 0 amide bonds. The fraction of sp³-hybridized carbons (Fsp3) is 0.286. The fourth-order valence-electron chi connectivity index (χ4n) is 3.46. The number of aliphatic hydroxyl groups excluding tert-OH is 1. The second kappa shape index (κ2) is 7.09. The molecule has 134 valence electrons. The van der Waals surface area contributed by atoms with E-state index in [1.54, 1.807) is 0 Å². The molecule has 1 aliphatic carbocycles. The Bertz CT molecular complexity index is 926. The average molecular weight is 368 g/mol. The Hall–Kier alpha value is -2.37. The fourth-order valence-corrected chi connectivity index (χ4v) is 4.17. The van der Waals surface area contributed by atoms with E-state index in [0.29, 0.717) is 11.5 Å². The predicted molar refractivity (Wildman–Crippen MR) is 101 cm³/mol. The smallest absolute Gasteiger partial charge is 0.343 e. The van der Waals surface area contributed by atoms with Gasteiger partial charge in [0.2, 0.25) is 0 Å². The van der Waals surface area contributed by atoms with Crippen molar-refractivity contribution in [3.05, 3.63) is 86.1 Å². The molecule has 4 rings (SSSR count). The van der Waals surface area contributed by atoms with Crippen LogP contribution in [0.3, 0.4) is 0 Å². The lowest BCUT2D eigenvalue weighted by atomic mass is 9.87. The van der Waals surface area contributed by atoms with Gasteiger partial charge in [0.1, 0.15) is 11.5 Å². The number of aliphatic hydroxyl groups is 1. The van der Waals surface area contributed by atoms with Crippen LogP contribution in [0.1, 0.15) is 47.3 Å². The first-order valence-corrected chi connectivity index (χ1v) is 9.68. The van der Waals surface area contributed by atoms with E-state index in [1.165, 1.54) is 17.4 Å². The van der Waals surface area contributed by atoms with Crippen molar-refractivity contribution in [2.75, 3.05) is 0 Å². The van der Waals surface area contributed by atoms with Crippen molar-refractivity contribution in [2.24, 2.45) is 5.92 Å². The molecule has 5 heteroatoms. The van der Waals surface area contributed by atoms with Gasteiger partial charge in [-0.3, -0.25) is 0 Å². The molecule has 3 aromatic rings. The van der Waals surface area contributed by atoms with Crippen molar-refractivity contribution in [2.45, 2.75) is 31.3 Å². The molecule has 1 aliphatic rings. The lowest BCUT2D eigenvalue weighted by molar-refractivity contribution is 0.169. The summed E-state index contributed by atoms with van der Waals surface area (Å²) >= 11 is 1.50. The standard InChI is InChI=1S/C21H20O4S/c22-17(15-8-9-26-12-15)10-16-11-18(23)20(21(24)25-16)19(14-6-7-14)13-4-2-1-3-5-13/h1-5,8-9,11-12,14,17,19,22-23H,6-7,10H2. The highest BCUT2D eigenvalue weighted by molar-refractivity contribution is 7.07. The minimum absolute atomic E-state index is 0.0467. The van der Waals surface area contributed by atoms with Crippen LogP contribution in [0.15, 0.2) is 62.4 Å². The molecular formula is C21H20O4S. The van der Waals surface area contributed by atoms with Crippen molar-refractivity contribution in [1.29, 1.82) is 0 Å². The first-order valence-electron chi connectivity index (χ1n) is 8.74. The zero-order valence-electron chi connectivity index (χ0n) is 14.2.